The van der Waals surface area contributed by atoms with Crippen LogP contribution in [0.25, 0.3) is 0 Å². The summed E-state index contributed by atoms with van der Waals surface area (Å²) in [5, 5.41) is 2.90. The van der Waals surface area contributed by atoms with E-state index in [1.54, 1.807) is 17.8 Å². The minimum absolute atomic E-state index is 0.163. The second-order valence-electron chi connectivity index (χ2n) is 4.25. The molecule has 0 radical (unpaired) electrons. The van der Waals surface area contributed by atoms with Gasteiger partial charge in [-0.2, -0.15) is 13.2 Å². The van der Waals surface area contributed by atoms with Gasteiger partial charge in [-0.1, -0.05) is 13.0 Å². The Hall–Kier alpha value is -1.12. The van der Waals surface area contributed by atoms with Gasteiger partial charge in [-0.05, 0) is 36.7 Å². The monoisotopic (exact) mass is 310 g/mol. The fourth-order valence-electron chi connectivity index (χ4n) is 1.73. The van der Waals surface area contributed by atoms with Gasteiger partial charge in [-0.25, -0.2) is 13.1 Å². The van der Waals surface area contributed by atoms with Crippen LogP contribution in [0.4, 0.5) is 13.2 Å². The van der Waals surface area contributed by atoms with Crippen molar-refractivity contribution in [1.82, 2.24) is 10.0 Å². The molecule has 0 unspecified atom stereocenters. The van der Waals surface area contributed by atoms with E-state index in [1.807, 2.05) is 6.92 Å². The highest BCUT2D eigenvalue weighted by Crippen LogP contribution is 2.18. The lowest BCUT2D eigenvalue weighted by atomic mass is 10.1. The summed E-state index contributed by atoms with van der Waals surface area (Å²) in [6.07, 6.45) is -3.86. The molecule has 0 aliphatic heterocycles. The minimum Gasteiger partial charge on any atom is -0.316 e. The fourth-order valence-corrected chi connectivity index (χ4v) is 2.79. The molecule has 0 amide bonds. The zero-order valence-corrected chi connectivity index (χ0v) is 12.0. The maximum atomic E-state index is 12.1. The largest absolute Gasteiger partial charge is 0.402 e. The van der Waals surface area contributed by atoms with Crippen LogP contribution in [0.15, 0.2) is 23.1 Å². The normalized spacial score (nSPS) is 12.7. The number of rotatable bonds is 6. The summed E-state index contributed by atoms with van der Waals surface area (Å²) in [6, 6.07) is 4.33. The predicted octanol–water partition coefficient (Wildman–Crippen LogP) is 1.81. The molecule has 4 nitrogen and oxygen atoms in total. The van der Waals surface area contributed by atoms with Crippen molar-refractivity contribution in [3.8, 4) is 0 Å². The molecule has 0 atom stereocenters. The molecule has 0 heterocycles. The molecule has 0 spiro atoms. The number of aryl methyl sites for hydroxylation is 1. The van der Waals surface area contributed by atoms with Gasteiger partial charge in [0.1, 0.15) is 6.54 Å². The third-order valence-electron chi connectivity index (χ3n) is 2.70. The van der Waals surface area contributed by atoms with E-state index < -0.39 is 22.7 Å². The molecule has 0 saturated heterocycles. The van der Waals surface area contributed by atoms with Crippen LogP contribution in [0.1, 0.15) is 18.1 Å². The molecule has 1 aromatic carbocycles. The van der Waals surface area contributed by atoms with Crippen molar-refractivity contribution in [2.24, 2.45) is 0 Å². The highest BCUT2D eigenvalue weighted by Gasteiger charge is 2.30. The Morgan fingerprint density at radius 2 is 1.85 bits per heavy atom. The van der Waals surface area contributed by atoms with E-state index in [4.69, 9.17) is 0 Å². The standard InChI is InChI=1S/C12H17F3N2O2S/c1-3-9-4-5-11(6-10(9)7-16-2)20(18,19)17-8-12(13,14)15/h4-6,16-17H,3,7-8H2,1-2H3. The van der Waals surface area contributed by atoms with Gasteiger partial charge in [0.25, 0.3) is 0 Å². The summed E-state index contributed by atoms with van der Waals surface area (Å²) in [5.74, 6) is 0. The second kappa shape index (κ2) is 6.55. The van der Waals surface area contributed by atoms with Gasteiger partial charge < -0.3 is 5.32 Å². The number of nitrogens with one attached hydrogen (secondary N) is 2. The SMILES string of the molecule is CCc1ccc(S(=O)(=O)NCC(F)(F)F)cc1CNC. The first-order valence-corrected chi connectivity index (χ1v) is 7.50. The first-order valence-electron chi connectivity index (χ1n) is 6.02. The van der Waals surface area contributed by atoms with Gasteiger partial charge >= 0.3 is 6.18 Å². The van der Waals surface area contributed by atoms with Gasteiger partial charge in [-0.15, -0.1) is 0 Å². The molecule has 0 aromatic heterocycles. The highest BCUT2D eigenvalue weighted by atomic mass is 32.2. The maximum Gasteiger partial charge on any atom is 0.402 e. The summed E-state index contributed by atoms with van der Waals surface area (Å²) in [7, 11) is -2.45. The van der Waals surface area contributed by atoms with Crippen LogP contribution in [-0.2, 0) is 23.0 Å². The van der Waals surface area contributed by atoms with Crippen LogP contribution in [0.2, 0.25) is 0 Å². The van der Waals surface area contributed by atoms with Gasteiger partial charge in [0.05, 0.1) is 4.90 Å². The lowest BCUT2D eigenvalue weighted by Crippen LogP contribution is -2.33. The van der Waals surface area contributed by atoms with E-state index in [-0.39, 0.29) is 4.90 Å². The Morgan fingerprint density at radius 3 is 2.35 bits per heavy atom. The van der Waals surface area contributed by atoms with E-state index in [0.717, 1.165) is 11.1 Å². The van der Waals surface area contributed by atoms with Crippen LogP contribution < -0.4 is 10.0 Å². The average Bonchev–Trinajstić information content (AvgIpc) is 2.36. The Morgan fingerprint density at radius 1 is 1.20 bits per heavy atom. The van der Waals surface area contributed by atoms with Crippen LogP contribution >= 0.6 is 0 Å². The third kappa shape index (κ3) is 4.77. The summed E-state index contributed by atoms with van der Waals surface area (Å²) in [6.45, 7) is 0.794. The van der Waals surface area contributed by atoms with Gasteiger partial charge in [-0.3, -0.25) is 0 Å². The fraction of sp³-hybridized carbons (Fsp3) is 0.500. The van der Waals surface area contributed by atoms with Crippen molar-refractivity contribution in [3.05, 3.63) is 29.3 Å². The molecule has 1 rings (SSSR count). The van der Waals surface area contributed by atoms with Crippen LogP contribution in [0.3, 0.4) is 0 Å². The smallest absolute Gasteiger partial charge is 0.316 e. The maximum absolute atomic E-state index is 12.1. The van der Waals surface area contributed by atoms with Crippen molar-refractivity contribution >= 4 is 10.0 Å². The summed E-state index contributed by atoms with van der Waals surface area (Å²) < 4.78 is 61.4. The molecule has 0 aliphatic carbocycles. The minimum atomic E-state index is -4.58. The Bertz CT molecular complexity index is 556. The molecule has 0 fully saturated rings. The van der Waals surface area contributed by atoms with E-state index in [1.165, 1.54) is 12.1 Å². The average molecular weight is 310 g/mol. The van der Waals surface area contributed by atoms with Crippen molar-refractivity contribution < 1.29 is 21.6 Å². The zero-order chi connectivity index (χ0) is 15.4. The first kappa shape index (κ1) is 16.9. The van der Waals surface area contributed by atoms with Crippen LogP contribution in [0.5, 0.6) is 0 Å². The van der Waals surface area contributed by atoms with Crippen molar-refractivity contribution in [3.63, 3.8) is 0 Å². The zero-order valence-electron chi connectivity index (χ0n) is 11.2. The number of sulfonamides is 1. The van der Waals surface area contributed by atoms with Crippen molar-refractivity contribution in [1.29, 1.82) is 0 Å². The molecule has 0 bridgehead atoms. The van der Waals surface area contributed by atoms with E-state index in [9.17, 15) is 21.6 Å². The molecule has 20 heavy (non-hydrogen) atoms. The quantitative estimate of drug-likeness (QED) is 0.842. The van der Waals surface area contributed by atoms with Crippen molar-refractivity contribution in [2.75, 3.05) is 13.6 Å². The molecule has 0 aliphatic rings. The number of benzene rings is 1. The van der Waals surface area contributed by atoms with Crippen molar-refractivity contribution in [2.45, 2.75) is 31.0 Å². The van der Waals surface area contributed by atoms with Gasteiger partial charge in [0.15, 0.2) is 0 Å². The first-order chi connectivity index (χ1) is 9.19. The molecule has 0 saturated carbocycles. The summed E-state index contributed by atoms with van der Waals surface area (Å²) in [5.41, 5.74) is 1.71. The number of halogens is 3. The number of alkyl halides is 3. The molecular formula is C12H17F3N2O2S. The Labute approximate surface area is 116 Å². The Kier molecular flexibility index (Phi) is 5.55. The summed E-state index contributed by atoms with van der Waals surface area (Å²) in [4.78, 5) is -0.163. The summed E-state index contributed by atoms with van der Waals surface area (Å²) >= 11 is 0. The van der Waals surface area contributed by atoms with E-state index >= 15 is 0 Å². The molecule has 8 heteroatoms. The van der Waals surface area contributed by atoms with E-state index in [2.05, 4.69) is 5.32 Å². The number of hydrogen-bond donors (Lipinski definition) is 2. The topological polar surface area (TPSA) is 58.2 Å². The van der Waals surface area contributed by atoms with Crippen LogP contribution in [0, 0.1) is 0 Å². The molecular weight excluding hydrogens is 293 g/mol. The van der Waals surface area contributed by atoms with E-state index in [0.29, 0.717) is 13.0 Å². The highest BCUT2D eigenvalue weighted by molar-refractivity contribution is 7.89. The van der Waals surface area contributed by atoms with Gasteiger partial charge in [0.2, 0.25) is 10.0 Å². The lowest BCUT2D eigenvalue weighted by molar-refractivity contribution is -0.121. The molecule has 1 aromatic rings. The lowest BCUT2D eigenvalue weighted by Gasteiger charge is -2.12. The Balaban J connectivity index is 3.03. The third-order valence-corrected chi connectivity index (χ3v) is 4.10. The molecule has 114 valence electrons. The van der Waals surface area contributed by atoms with Gasteiger partial charge in [0, 0.05) is 6.54 Å². The molecule has 2 N–H and O–H groups in total. The predicted molar refractivity (Wildman–Crippen MR) is 69.8 cm³/mol. The number of hydrogen-bond acceptors (Lipinski definition) is 3. The second-order valence-corrected chi connectivity index (χ2v) is 6.02. The van der Waals surface area contributed by atoms with Crippen LogP contribution in [-0.4, -0.2) is 28.2 Å².